The van der Waals surface area contributed by atoms with Crippen LogP contribution < -0.4 is 5.32 Å². The highest BCUT2D eigenvalue weighted by Crippen LogP contribution is 2.07. The summed E-state index contributed by atoms with van der Waals surface area (Å²) in [4.78, 5) is 11.0. The number of rotatable bonds is 2. The van der Waals surface area contributed by atoms with Crippen molar-refractivity contribution in [3.8, 4) is 0 Å². The van der Waals surface area contributed by atoms with Crippen LogP contribution in [0.2, 0.25) is 0 Å². The van der Waals surface area contributed by atoms with E-state index in [0.29, 0.717) is 19.6 Å². The highest BCUT2D eigenvalue weighted by atomic mass is 16.5. The molecule has 1 aliphatic rings. The maximum Gasteiger partial charge on any atom is 0.323 e. The predicted molar refractivity (Wildman–Crippen MR) is 39.0 cm³/mol. The Morgan fingerprint density at radius 2 is 2.55 bits per heavy atom. The molecule has 0 spiro atoms. The van der Waals surface area contributed by atoms with Gasteiger partial charge in [-0.15, -0.1) is 0 Å². The van der Waals surface area contributed by atoms with Crippen molar-refractivity contribution in [2.75, 3.05) is 13.2 Å². The SMILES string of the molecule is CCOC(=O)[C@H]1C[C@@H](O)CN1. The van der Waals surface area contributed by atoms with Gasteiger partial charge in [-0.2, -0.15) is 0 Å². The summed E-state index contributed by atoms with van der Waals surface area (Å²) in [5, 5.41) is 11.9. The number of aliphatic hydroxyl groups is 1. The fraction of sp³-hybridized carbons (Fsp3) is 0.857. The van der Waals surface area contributed by atoms with E-state index in [1.165, 1.54) is 0 Å². The molecule has 0 bridgehead atoms. The molecule has 0 unspecified atom stereocenters. The van der Waals surface area contributed by atoms with E-state index in [2.05, 4.69) is 5.32 Å². The largest absolute Gasteiger partial charge is 0.465 e. The van der Waals surface area contributed by atoms with Gasteiger partial charge in [0.15, 0.2) is 0 Å². The van der Waals surface area contributed by atoms with Crippen LogP contribution >= 0.6 is 0 Å². The molecule has 64 valence electrons. The number of hydrogen-bond acceptors (Lipinski definition) is 4. The smallest absolute Gasteiger partial charge is 0.323 e. The Balaban J connectivity index is 2.31. The van der Waals surface area contributed by atoms with Gasteiger partial charge in [0, 0.05) is 13.0 Å². The third kappa shape index (κ3) is 2.17. The van der Waals surface area contributed by atoms with Crippen molar-refractivity contribution < 1.29 is 14.6 Å². The molecular formula is C7H13NO3. The third-order valence-electron chi connectivity index (χ3n) is 1.68. The number of esters is 1. The van der Waals surface area contributed by atoms with Gasteiger partial charge in [0.05, 0.1) is 12.7 Å². The summed E-state index contributed by atoms with van der Waals surface area (Å²) in [5.41, 5.74) is 0. The number of carbonyl (C=O) groups is 1. The molecule has 1 heterocycles. The molecule has 0 saturated carbocycles. The first-order valence-electron chi connectivity index (χ1n) is 3.82. The molecular weight excluding hydrogens is 146 g/mol. The average Bonchev–Trinajstić information content (AvgIpc) is 2.36. The normalized spacial score (nSPS) is 30.4. The van der Waals surface area contributed by atoms with Crippen molar-refractivity contribution in [2.45, 2.75) is 25.5 Å². The Hall–Kier alpha value is -0.610. The Kier molecular flexibility index (Phi) is 2.84. The first-order valence-corrected chi connectivity index (χ1v) is 3.82. The van der Waals surface area contributed by atoms with E-state index < -0.39 is 6.10 Å². The van der Waals surface area contributed by atoms with Crippen LogP contribution in [0, 0.1) is 0 Å². The summed E-state index contributed by atoms with van der Waals surface area (Å²) < 4.78 is 4.76. The van der Waals surface area contributed by atoms with Gasteiger partial charge in [-0.1, -0.05) is 0 Å². The first kappa shape index (κ1) is 8.49. The fourth-order valence-corrected chi connectivity index (χ4v) is 1.14. The monoisotopic (exact) mass is 159 g/mol. The summed E-state index contributed by atoms with van der Waals surface area (Å²) in [6, 6.07) is -0.301. The van der Waals surface area contributed by atoms with E-state index in [0.717, 1.165) is 0 Å². The number of carbonyl (C=O) groups excluding carboxylic acids is 1. The molecule has 1 rings (SSSR count). The lowest BCUT2D eigenvalue weighted by Crippen LogP contribution is -2.32. The van der Waals surface area contributed by atoms with Crippen LogP contribution in [0.3, 0.4) is 0 Å². The molecule has 0 aromatic rings. The number of β-amino-alcohol motifs (C(OH)–C–C–N with tert-alkyl or cyclic N) is 1. The fourth-order valence-electron chi connectivity index (χ4n) is 1.14. The minimum Gasteiger partial charge on any atom is -0.465 e. The van der Waals surface area contributed by atoms with Gasteiger partial charge in [-0.05, 0) is 6.92 Å². The number of hydrogen-bond donors (Lipinski definition) is 2. The summed E-state index contributed by atoms with van der Waals surface area (Å²) in [6.07, 6.45) is 0.0724. The van der Waals surface area contributed by atoms with E-state index >= 15 is 0 Å². The zero-order chi connectivity index (χ0) is 8.27. The molecule has 0 aromatic heterocycles. The molecule has 1 saturated heterocycles. The molecule has 0 aliphatic carbocycles. The van der Waals surface area contributed by atoms with Crippen LogP contribution in [0.15, 0.2) is 0 Å². The van der Waals surface area contributed by atoms with Crippen molar-refractivity contribution >= 4 is 5.97 Å². The van der Waals surface area contributed by atoms with Crippen molar-refractivity contribution in [2.24, 2.45) is 0 Å². The van der Waals surface area contributed by atoms with Crippen molar-refractivity contribution in [3.63, 3.8) is 0 Å². The van der Waals surface area contributed by atoms with Gasteiger partial charge in [0.25, 0.3) is 0 Å². The van der Waals surface area contributed by atoms with Crippen LogP contribution in [0.1, 0.15) is 13.3 Å². The van der Waals surface area contributed by atoms with Gasteiger partial charge in [0.2, 0.25) is 0 Å². The van der Waals surface area contributed by atoms with Gasteiger partial charge in [0.1, 0.15) is 6.04 Å². The maximum absolute atomic E-state index is 11.0. The molecule has 4 nitrogen and oxygen atoms in total. The van der Waals surface area contributed by atoms with Crippen molar-refractivity contribution in [3.05, 3.63) is 0 Å². The van der Waals surface area contributed by atoms with Crippen molar-refractivity contribution in [1.82, 2.24) is 5.32 Å². The van der Waals surface area contributed by atoms with Crippen LogP contribution in [0.5, 0.6) is 0 Å². The van der Waals surface area contributed by atoms with Crippen LogP contribution in [0.4, 0.5) is 0 Å². The van der Waals surface area contributed by atoms with E-state index in [1.807, 2.05) is 0 Å². The quantitative estimate of drug-likeness (QED) is 0.522. The molecule has 1 fully saturated rings. The standard InChI is InChI=1S/C7H13NO3/c1-2-11-7(10)6-3-5(9)4-8-6/h5-6,8-9H,2-4H2,1H3/t5-,6-/m1/s1. The van der Waals surface area contributed by atoms with Gasteiger partial charge in [-0.3, -0.25) is 4.79 Å². The second-order valence-electron chi connectivity index (χ2n) is 2.60. The summed E-state index contributed by atoms with van der Waals surface area (Å²) >= 11 is 0. The zero-order valence-electron chi connectivity index (χ0n) is 6.54. The number of ether oxygens (including phenoxy) is 1. The van der Waals surface area contributed by atoms with E-state index in [9.17, 15) is 4.79 Å². The zero-order valence-corrected chi connectivity index (χ0v) is 6.54. The summed E-state index contributed by atoms with van der Waals surface area (Å²) in [5.74, 6) is -0.260. The second kappa shape index (κ2) is 3.69. The number of nitrogens with one attached hydrogen (secondary N) is 1. The number of aliphatic hydroxyl groups excluding tert-OH is 1. The van der Waals surface area contributed by atoms with Gasteiger partial charge < -0.3 is 15.2 Å². The Labute approximate surface area is 65.5 Å². The molecule has 11 heavy (non-hydrogen) atoms. The molecule has 0 aromatic carbocycles. The van der Waals surface area contributed by atoms with Crippen molar-refractivity contribution in [1.29, 1.82) is 0 Å². The Bertz CT molecular complexity index is 149. The third-order valence-corrected chi connectivity index (χ3v) is 1.68. The Morgan fingerprint density at radius 3 is 3.00 bits per heavy atom. The lowest BCUT2D eigenvalue weighted by atomic mass is 10.2. The predicted octanol–water partition coefficient (Wildman–Crippen LogP) is -0.728. The molecule has 4 heteroatoms. The van der Waals surface area contributed by atoms with Crippen LogP contribution in [0.25, 0.3) is 0 Å². The molecule has 1 aliphatic heterocycles. The highest BCUT2D eigenvalue weighted by molar-refractivity contribution is 5.76. The maximum atomic E-state index is 11.0. The minimum atomic E-state index is -0.399. The molecule has 2 N–H and O–H groups in total. The van der Waals surface area contributed by atoms with Gasteiger partial charge in [-0.25, -0.2) is 0 Å². The molecule has 0 amide bonds. The summed E-state index contributed by atoms with van der Waals surface area (Å²) in [7, 11) is 0. The van der Waals surface area contributed by atoms with E-state index in [1.54, 1.807) is 6.92 Å². The lowest BCUT2D eigenvalue weighted by Gasteiger charge is -2.07. The van der Waals surface area contributed by atoms with Crippen LogP contribution in [-0.2, 0) is 9.53 Å². The first-order chi connectivity index (χ1) is 5.24. The highest BCUT2D eigenvalue weighted by Gasteiger charge is 2.28. The second-order valence-corrected chi connectivity index (χ2v) is 2.60. The molecule has 0 radical (unpaired) electrons. The topological polar surface area (TPSA) is 58.6 Å². The minimum absolute atomic E-state index is 0.260. The lowest BCUT2D eigenvalue weighted by molar-refractivity contribution is -0.145. The summed E-state index contributed by atoms with van der Waals surface area (Å²) in [6.45, 7) is 2.65. The Morgan fingerprint density at radius 1 is 1.82 bits per heavy atom. The van der Waals surface area contributed by atoms with Crippen LogP contribution in [-0.4, -0.2) is 36.4 Å². The average molecular weight is 159 g/mol. The van der Waals surface area contributed by atoms with E-state index in [-0.39, 0.29) is 12.0 Å². The van der Waals surface area contributed by atoms with Gasteiger partial charge >= 0.3 is 5.97 Å². The molecule has 2 atom stereocenters. The van der Waals surface area contributed by atoms with E-state index in [4.69, 9.17) is 9.84 Å².